The fourth-order valence-corrected chi connectivity index (χ4v) is 3.80. The molecule has 2 heterocycles. The van der Waals surface area contributed by atoms with Gasteiger partial charge in [-0.15, -0.1) is 0 Å². The van der Waals surface area contributed by atoms with E-state index in [0.717, 1.165) is 47.1 Å². The second-order valence-corrected chi connectivity index (χ2v) is 7.06. The minimum absolute atomic E-state index is 0.0896. The van der Waals surface area contributed by atoms with E-state index < -0.39 is 6.10 Å². The molecule has 1 aliphatic rings. The van der Waals surface area contributed by atoms with E-state index in [4.69, 9.17) is 16.6 Å². The van der Waals surface area contributed by atoms with Crippen molar-refractivity contribution in [2.45, 2.75) is 31.4 Å². The van der Waals surface area contributed by atoms with Crippen molar-refractivity contribution in [3.63, 3.8) is 0 Å². The van der Waals surface area contributed by atoms with Crippen LogP contribution in [0, 0.1) is 0 Å². The van der Waals surface area contributed by atoms with E-state index in [0.29, 0.717) is 5.02 Å². The number of aliphatic hydroxyl groups is 1. The van der Waals surface area contributed by atoms with Crippen LogP contribution in [0.1, 0.15) is 30.9 Å². The van der Waals surface area contributed by atoms with Crippen molar-refractivity contribution in [3.8, 4) is 11.3 Å². The molecule has 2 atom stereocenters. The summed E-state index contributed by atoms with van der Waals surface area (Å²) in [4.78, 5) is 4.78. The molecule has 3 nitrogen and oxygen atoms in total. The van der Waals surface area contributed by atoms with Crippen LogP contribution in [0.25, 0.3) is 22.2 Å². The van der Waals surface area contributed by atoms with Gasteiger partial charge in [0.2, 0.25) is 0 Å². The predicted molar refractivity (Wildman–Crippen MR) is 103 cm³/mol. The van der Waals surface area contributed by atoms with E-state index in [2.05, 4.69) is 5.32 Å². The largest absolute Gasteiger partial charge is 0.387 e. The summed E-state index contributed by atoms with van der Waals surface area (Å²) in [6.45, 7) is 0.964. The first-order chi connectivity index (χ1) is 12.2. The molecular weight excluding hydrogens is 332 g/mol. The lowest BCUT2D eigenvalue weighted by Gasteiger charge is -2.29. The number of halogens is 1. The highest BCUT2D eigenvalue weighted by Crippen LogP contribution is 2.32. The van der Waals surface area contributed by atoms with Crippen molar-refractivity contribution in [3.05, 3.63) is 65.2 Å². The van der Waals surface area contributed by atoms with Crippen molar-refractivity contribution < 1.29 is 5.11 Å². The smallest absolute Gasteiger partial charge is 0.0950 e. The molecule has 1 saturated heterocycles. The van der Waals surface area contributed by atoms with Crippen molar-refractivity contribution in [2.24, 2.45) is 0 Å². The summed E-state index contributed by atoms with van der Waals surface area (Å²) in [6.07, 6.45) is 2.77. The van der Waals surface area contributed by atoms with Crippen molar-refractivity contribution >= 4 is 22.5 Å². The lowest BCUT2D eigenvalue weighted by molar-refractivity contribution is 0.115. The van der Waals surface area contributed by atoms with Crippen LogP contribution in [-0.2, 0) is 0 Å². The lowest BCUT2D eigenvalue weighted by Crippen LogP contribution is -2.38. The van der Waals surface area contributed by atoms with Gasteiger partial charge in [-0.3, -0.25) is 0 Å². The second kappa shape index (κ2) is 7.12. The van der Waals surface area contributed by atoms with E-state index in [1.54, 1.807) is 0 Å². The van der Waals surface area contributed by atoms with Crippen LogP contribution in [0.4, 0.5) is 0 Å². The maximum absolute atomic E-state index is 11.1. The molecular formula is C21H21ClN2O. The molecule has 1 aliphatic heterocycles. The van der Waals surface area contributed by atoms with Gasteiger partial charge >= 0.3 is 0 Å². The number of hydrogen-bond donors (Lipinski definition) is 2. The normalized spacial score (nSPS) is 19.0. The highest BCUT2D eigenvalue weighted by Gasteiger charge is 2.25. The summed E-state index contributed by atoms with van der Waals surface area (Å²) in [7, 11) is 0. The number of nitrogens with zero attached hydrogens (tertiary/aromatic N) is 1. The standard InChI is InChI=1S/C21H21ClN2O/c22-15-7-5-6-14(12-15)20-13-17(16-8-1-2-9-18(16)24-20)21(25)19-10-3-4-11-23-19/h1-2,5-9,12-13,19,21,23,25H,3-4,10-11H2/t19-,21+/m0/s1. The van der Waals surface area contributed by atoms with Gasteiger partial charge in [0.25, 0.3) is 0 Å². The van der Waals surface area contributed by atoms with Crippen LogP contribution < -0.4 is 5.32 Å². The molecule has 2 N–H and O–H groups in total. The number of aromatic nitrogens is 1. The minimum atomic E-state index is -0.550. The minimum Gasteiger partial charge on any atom is -0.387 e. The molecule has 0 unspecified atom stereocenters. The van der Waals surface area contributed by atoms with Gasteiger partial charge in [0.1, 0.15) is 0 Å². The molecule has 1 fully saturated rings. The van der Waals surface area contributed by atoms with Crippen LogP contribution in [0.5, 0.6) is 0 Å². The summed E-state index contributed by atoms with van der Waals surface area (Å²) >= 11 is 6.15. The molecule has 0 spiro atoms. The quantitative estimate of drug-likeness (QED) is 0.716. The molecule has 1 aromatic heterocycles. The highest BCUT2D eigenvalue weighted by atomic mass is 35.5. The Bertz CT molecular complexity index is 890. The Hall–Kier alpha value is -1.94. The highest BCUT2D eigenvalue weighted by molar-refractivity contribution is 6.30. The number of rotatable bonds is 3. The van der Waals surface area contributed by atoms with E-state index >= 15 is 0 Å². The summed E-state index contributed by atoms with van der Waals surface area (Å²) in [6, 6.07) is 17.8. The van der Waals surface area contributed by atoms with Gasteiger partial charge in [-0.25, -0.2) is 4.98 Å². The Morgan fingerprint density at radius 2 is 1.96 bits per heavy atom. The molecule has 128 valence electrons. The second-order valence-electron chi connectivity index (χ2n) is 6.63. The van der Waals surface area contributed by atoms with Gasteiger partial charge in [-0.1, -0.05) is 48.4 Å². The van der Waals surface area contributed by atoms with Crippen LogP contribution in [-0.4, -0.2) is 22.7 Å². The molecule has 4 heteroatoms. The Labute approximate surface area is 152 Å². The van der Waals surface area contributed by atoms with Gasteiger partial charge in [-0.05, 0) is 49.2 Å². The van der Waals surface area contributed by atoms with Crippen LogP contribution >= 0.6 is 11.6 Å². The van der Waals surface area contributed by atoms with Gasteiger partial charge < -0.3 is 10.4 Å². The maximum Gasteiger partial charge on any atom is 0.0950 e. The Morgan fingerprint density at radius 3 is 2.76 bits per heavy atom. The van der Waals surface area contributed by atoms with Crippen LogP contribution in [0.15, 0.2) is 54.6 Å². The Kier molecular flexibility index (Phi) is 4.71. The monoisotopic (exact) mass is 352 g/mol. The van der Waals surface area contributed by atoms with Gasteiger partial charge in [0.15, 0.2) is 0 Å². The molecule has 0 radical (unpaired) electrons. The Morgan fingerprint density at radius 1 is 1.08 bits per heavy atom. The third-order valence-electron chi connectivity index (χ3n) is 4.92. The molecule has 2 aromatic carbocycles. The number of aliphatic hydroxyl groups excluding tert-OH is 1. The summed E-state index contributed by atoms with van der Waals surface area (Å²) in [5.74, 6) is 0. The number of benzene rings is 2. The Balaban J connectivity index is 1.84. The van der Waals surface area contributed by atoms with E-state index in [1.165, 1.54) is 6.42 Å². The maximum atomic E-state index is 11.1. The predicted octanol–water partition coefficient (Wildman–Crippen LogP) is 4.73. The molecule has 4 rings (SSSR count). The molecule has 0 aliphatic carbocycles. The number of pyridine rings is 1. The number of para-hydroxylation sites is 1. The van der Waals surface area contributed by atoms with Crippen molar-refractivity contribution in [2.75, 3.05) is 6.54 Å². The molecule has 0 amide bonds. The molecule has 25 heavy (non-hydrogen) atoms. The average Bonchev–Trinajstić information content (AvgIpc) is 2.67. The number of nitrogens with one attached hydrogen (secondary N) is 1. The number of piperidine rings is 1. The first-order valence-corrected chi connectivity index (χ1v) is 9.17. The molecule has 3 aromatic rings. The number of fused-ring (bicyclic) bond motifs is 1. The lowest BCUT2D eigenvalue weighted by atomic mass is 9.92. The molecule has 0 saturated carbocycles. The van der Waals surface area contributed by atoms with Gasteiger partial charge in [-0.2, -0.15) is 0 Å². The fraction of sp³-hybridized carbons (Fsp3) is 0.286. The first kappa shape index (κ1) is 16.5. The first-order valence-electron chi connectivity index (χ1n) is 8.79. The number of hydrogen-bond acceptors (Lipinski definition) is 3. The summed E-state index contributed by atoms with van der Waals surface area (Å²) in [5, 5.41) is 16.2. The average molecular weight is 353 g/mol. The van der Waals surface area contributed by atoms with Crippen LogP contribution in [0.3, 0.4) is 0 Å². The topological polar surface area (TPSA) is 45.2 Å². The van der Waals surface area contributed by atoms with Gasteiger partial charge in [0, 0.05) is 22.0 Å². The van der Waals surface area contributed by atoms with Crippen LogP contribution in [0.2, 0.25) is 5.02 Å². The zero-order chi connectivity index (χ0) is 17.2. The fourth-order valence-electron chi connectivity index (χ4n) is 3.61. The summed E-state index contributed by atoms with van der Waals surface area (Å²) in [5.41, 5.74) is 3.62. The third kappa shape index (κ3) is 3.40. The van der Waals surface area contributed by atoms with E-state index in [1.807, 2.05) is 54.6 Å². The van der Waals surface area contributed by atoms with Gasteiger partial charge in [0.05, 0.1) is 17.3 Å². The SMILES string of the molecule is O[C@H](c1cc(-c2cccc(Cl)c2)nc2ccccc12)[C@@H]1CCCCN1. The zero-order valence-corrected chi connectivity index (χ0v) is 14.7. The van der Waals surface area contributed by atoms with E-state index in [9.17, 15) is 5.11 Å². The summed E-state index contributed by atoms with van der Waals surface area (Å²) < 4.78 is 0. The van der Waals surface area contributed by atoms with Crippen molar-refractivity contribution in [1.82, 2.24) is 10.3 Å². The van der Waals surface area contributed by atoms with Crippen molar-refractivity contribution in [1.29, 1.82) is 0 Å². The molecule has 0 bridgehead atoms. The third-order valence-corrected chi connectivity index (χ3v) is 5.15. The van der Waals surface area contributed by atoms with E-state index in [-0.39, 0.29) is 6.04 Å². The zero-order valence-electron chi connectivity index (χ0n) is 14.0.